The third kappa shape index (κ3) is 5.05. The Kier molecular flexibility index (Phi) is 6.90. The molecule has 200 valence electrons. The number of aromatic nitrogens is 1. The van der Waals surface area contributed by atoms with Gasteiger partial charge in [0.05, 0.1) is 11.0 Å². The molecule has 5 rings (SSSR count). The molecule has 1 amide bonds. The first-order chi connectivity index (χ1) is 17.4. The number of aliphatic hydroxyl groups is 1. The minimum Gasteiger partial charge on any atom is -0.393 e. The second kappa shape index (κ2) is 9.73. The van der Waals surface area contributed by atoms with Gasteiger partial charge in [0.1, 0.15) is 11.0 Å². The first kappa shape index (κ1) is 26.2. The lowest BCUT2D eigenvalue weighted by Crippen LogP contribution is -2.49. The fraction of sp³-hybridized carbons (Fsp3) is 0.500. The molecule has 13 heteroatoms. The number of piperazine rings is 1. The Bertz CT molecular complexity index is 1280. The van der Waals surface area contributed by atoms with Crippen molar-refractivity contribution in [1.29, 1.82) is 0 Å². The Morgan fingerprint density at radius 2 is 1.73 bits per heavy atom. The summed E-state index contributed by atoms with van der Waals surface area (Å²) in [5, 5.41) is 9.37. The number of carbonyl (C=O) groups excluding carboxylic acids is 1. The average Bonchev–Trinajstić information content (AvgIpc) is 3.19. The molecule has 0 spiro atoms. The largest absolute Gasteiger partial charge is 0.393 e. The number of pyridine rings is 1. The van der Waals surface area contributed by atoms with Crippen LogP contribution in [0.25, 0.3) is 0 Å². The van der Waals surface area contributed by atoms with Crippen molar-refractivity contribution < 1.29 is 27.1 Å². The van der Waals surface area contributed by atoms with Gasteiger partial charge in [0, 0.05) is 62.4 Å². The highest BCUT2D eigenvalue weighted by atomic mass is 35.5. The number of sulfonamides is 1. The van der Waals surface area contributed by atoms with Crippen LogP contribution in [0.15, 0.2) is 41.3 Å². The van der Waals surface area contributed by atoms with Crippen LogP contribution in [0.4, 0.5) is 20.3 Å². The Labute approximate surface area is 218 Å². The Morgan fingerprint density at radius 3 is 2.30 bits per heavy atom. The minimum atomic E-state index is -3.80. The lowest BCUT2D eigenvalue weighted by atomic mass is 9.76. The van der Waals surface area contributed by atoms with Crippen LogP contribution in [0, 0.1) is 5.92 Å². The number of benzene rings is 1. The van der Waals surface area contributed by atoms with Crippen molar-refractivity contribution in [2.75, 3.05) is 42.5 Å². The smallest absolute Gasteiger partial charge is 0.276 e. The number of halogens is 3. The molecule has 2 aromatic rings. The van der Waals surface area contributed by atoms with Crippen LogP contribution in [0.5, 0.6) is 0 Å². The number of rotatable bonds is 6. The quantitative estimate of drug-likeness (QED) is 0.524. The molecule has 0 radical (unpaired) electrons. The molecule has 0 unspecified atom stereocenters. The number of aliphatic hydroxyl groups excluding tert-OH is 1. The molecule has 2 aliphatic heterocycles. The zero-order valence-electron chi connectivity index (χ0n) is 19.9. The van der Waals surface area contributed by atoms with E-state index in [-0.39, 0.29) is 78.8 Å². The number of amides is 1. The molecule has 1 aromatic heterocycles. The van der Waals surface area contributed by atoms with Crippen LogP contribution >= 0.6 is 11.6 Å². The molecule has 37 heavy (non-hydrogen) atoms. The molecule has 0 bridgehead atoms. The molecule has 9 nitrogen and oxygen atoms in total. The summed E-state index contributed by atoms with van der Waals surface area (Å²) in [4.78, 5) is 19.6. The maximum atomic E-state index is 14.9. The van der Waals surface area contributed by atoms with Crippen molar-refractivity contribution >= 4 is 39.0 Å². The van der Waals surface area contributed by atoms with E-state index in [0.717, 1.165) is 6.07 Å². The Morgan fingerprint density at radius 1 is 1.08 bits per heavy atom. The van der Waals surface area contributed by atoms with E-state index in [1.54, 1.807) is 21.9 Å². The average molecular weight is 556 g/mol. The van der Waals surface area contributed by atoms with Crippen molar-refractivity contribution in [3.8, 4) is 0 Å². The number of nitrogens with zero attached hydrogens (tertiary/aromatic N) is 4. The summed E-state index contributed by atoms with van der Waals surface area (Å²) in [6, 6.07) is 8.33. The minimum absolute atomic E-state index is 0.0294. The molecule has 3 fully saturated rings. The highest BCUT2D eigenvalue weighted by molar-refractivity contribution is 7.89. The van der Waals surface area contributed by atoms with Gasteiger partial charge in [0.15, 0.2) is 0 Å². The van der Waals surface area contributed by atoms with Gasteiger partial charge in [-0.15, -0.1) is 0 Å². The van der Waals surface area contributed by atoms with Crippen LogP contribution in [0.3, 0.4) is 0 Å². The van der Waals surface area contributed by atoms with Gasteiger partial charge in [0.25, 0.3) is 5.92 Å². The van der Waals surface area contributed by atoms with Crippen molar-refractivity contribution in [1.82, 2.24) is 9.29 Å². The summed E-state index contributed by atoms with van der Waals surface area (Å²) in [5.41, 5.74) is 6.18. The zero-order valence-corrected chi connectivity index (χ0v) is 21.5. The molecular formula is C24H28ClF2N5O4S. The third-order valence-corrected chi connectivity index (χ3v) is 9.40. The summed E-state index contributed by atoms with van der Waals surface area (Å²) < 4.78 is 57.6. The van der Waals surface area contributed by atoms with E-state index < -0.39 is 28.0 Å². The topological polar surface area (TPSA) is 120 Å². The van der Waals surface area contributed by atoms with E-state index in [0.29, 0.717) is 12.2 Å². The molecule has 1 aromatic carbocycles. The summed E-state index contributed by atoms with van der Waals surface area (Å²) in [6.45, 7) is 1.16. The van der Waals surface area contributed by atoms with Gasteiger partial charge in [0.2, 0.25) is 15.9 Å². The molecular weight excluding hydrogens is 528 g/mol. The van der Waals surface area contributed by atoms with E-state index in [4.69, 9.17) is 17.3 Å². The molecule has 1 saturated carbocycles. The van der Waals surface area contributed by atoms with Gasteiger partial charge >= 0.3 is 0 Å². The predicted molar refractivity (Wildman–Crippen MR) is 134 cm³/mol. The SMILES string of the molecule is N[C@@H]1CC(=O)N(c2ccc(S(=O)(=O)N3CCN(c4cc(C(F)(F)C5CC(O)C5)cc(Cl)n4)CC3)cc2)C1. The zero-order chi connectivity index (χ0) is 26.5. The van der Waals surface area contributed by atoms with E-state index in [1.165, 1.54) is 22.5 Å². The molecule has 3 heterocycles. The summed E-state index contributed by atoms with van der Waals surface area (Å²) in [5.74, 6) is -3.94. The monoisotopic (exact) mass is 555 g/mol. The van der Waals surface area contributed by atoms with Crippen LogP contribution in [0.2, 0.25) is 5.15 Å². The van der Waals surface area contributed by atoms with Gasteiger partial charge in [-0.05, 0) is 49.2 Å². The molecule has 3 aliphatic rings. The van der Waals surface area contributed by atoms with Crippen molar-refractivity contribution in [3.05, 3.63) is 47.1 Å². The van der Waals surface area contributed by atoms with Gasteiger partial charge in [-0.2, -0.15) is 4.31 Å². The lowest BCUT2D eigenvalue weighted by molar-refractivity contribution is -0.132. The number of hydrogen-bond donors (Lipinski definition) is 2. The number of carbonyl (C=O) groups is 1. The van der Waals surface area contributed by atoms with Gasteiger partial charge in [-0.3, -0.25) is 4.79 Å². The second-order valence-corrected chi connectivity index (χ2v) is 12.2. The number of nitrogens with two attached hydrogens (primary N) is 1. The Balaban J connectivity index is 1.26. The first-order valence-corrected chi connectivity index (χ1v) is 13.9. The highest BCUT2D eigenvalue weighted by Gasteiger charge is 2.48. The second-order valence-electron chi connectivity index (χ2n) is 9.84. The van der Waals surface area contributed by atoms with Crippen molar-refractivity contribution in [2.45, 2.75) is 42.2 Å². The highest BCUT2D eigenvalue weighted by Crippen LogP contribution is 2.47. The molecule has 1 aliphatic carbocycles. The predicted octanol–water partition coefficient (Wildman–Crippen LogP) is 2.17. The van der Waals surface area contributed by atoms with Gasteiger partial charge < -0.3 is 20.6 Å². The lowest BCUT2D eigenvalue weighted by Gasteiger charge is -2.38. The Hall–Kier alpha value is -2.38. The molecule has 1 atom stereocenters. The maximum Gasteiger partial charge on any atom is 0.276 e. The molecule has 2 saturated heterocycles. The van der Waals surface area contributed by atoms with Crippen LogP contribution in [-0.2, 0) is 20.7 Å². The van der Waals surface area contributed by atoms with Crippen molar-refractivity contribution in [2.24, 2.45) is 11.7 Å². The fourth-order valence-corrected chi connectivity index (χ4v) is 6.67. The number of anilines is 2. The van der Waals surface area contributed by atoms with E-state index in [2.05, 4.69) is 4.98 Å². The summed E-state index contributed by atoms with van der Waals surface area (Å²) in [7, 11) is -3.80. The normalized spacial score (nSPS) is 25.4. The van der Waals surface area contributed by atoms with E-state index in [9.17, 15) is 27.1 Å². The fourth-order valence-electron chi connectivity index (χ4n) is 5.05. The van der Waals surface area contributed by atoms with Gasteiger partial charge in [-0.25, -0.2) is 22.2 Å². The summed E-state index contributed by atoms with van der Waals surface area (Å²) >= 11 is 6.07. The van der Waals surface area contributed by atoms with E-state index in [1.807, 2.05) is 0 Å². The third-order valence-electron chi connectivity index (χ3n) is 7.30. The standard InChI is InChI=1S/C24H28ClF2N5O4S/c25-21-11-16(24(26,27)15-9-19(33)10-15)12-22(29-21)30-5-7-31(8-6-30)37(35,36)20-3-1-18(2-4-20)32-14-17(28)13-23(32)34/h1-4,11-12,15,17,19,33H,5-10,13-14,28H2/t15?,17-,19?/m1/s1. The number of alkyl halides is 2. The van der Waals surface area contributed by atoms with E-state index >= 15 is 0 Å². The first-order valence-electron chi connectivity index (χ1n) is 12.1. The van der Waals surface area contributed by atoms with Crippen LogP contribution < -0.4 is 15.5 Å². The number of hydrogen-bond acceptors (Lipinski definition) is 7. The molecule has 3 N–H and O–H groups in total. The van der Waals surface area contributed by atoms with Crippen LogP contribution in [-0.4, -0.2) is 73.6 Å². The maximum absolute atomic E-state index is 14.9. The van der Waals surface area contributed by atoms with Crippen molar-refractivity contribution in [3.63, 3.8) is 0 Å². The van der Waals surface area contributed by atoms with Gasteiger partial charge in [-0.1, -0.05) is 11.6 Å². The van der Waals surface area contributed by atoms with Crippen LogP contribution in [0.1, 0.15) is 24.8 Å². The summed E-state index contributed by atoms with van der Waals surface area (Å²) in [6.07, 6.45) is -0.391.